The summed E-state index contributed by atoms with van der Waals surface area (Å²) < 4.78 is 6.74. The molecule has 0 spiro atoms. The van der Waals surface area contributed by atoms with E-state index in [9.17, 15) is 4.79 Å². The van der Waals surface area contributed by atoms with E-state index in [2.05, 4.69) is 15.7 Å². The summed E-state index contributed by atoms with van der Waals surface area (Å²) in [5, 5.41) is 11.6. The Bertz CT molecular complexity index is 1170. The Morgan fingerprint density at radius 2 is 1.90 bits per heavy atom. The molecule has 8 heteroatoms. The van der Waals surface area contributed by atoms with Gasteiger partial charge in [0.25, 0.3) is 0 Å². The second kappa shape index (κ2) is 9.55. The number of thiophene rings is 1. The molecule has 0 aliphatic carbocycles. The summed E-state index contributed by atoms with van der Waals surface area (Å²) >= 11 is 6.91. The molecule has 2 aromatic carbocycles. The van der Waals surface area contributed by atoms with E-state index in [0.29, 0.717) is 22.2 Å². The zero-order chi connectivity index (χ0) is 21.6. The van der Waals surface area contributed by atoms with Gasteiger partial charge in [-0.2, -0.15) is 5.10 Å². The molecule has 0 saturated heterocycles. The number of anilines is 1. The standard InChI is InChI=1S/C23H20N4O2S2/c1-29-22(28)19-14-20(17-6-3-2-4-7-17)31-21(19)26-23(30)24-15-16-8-10-18(11-9-16)27-13-5-12-25-27/h2-14H,15H2,1H3,(H2,24,26,30). The van der Waals surface area contributed by atoms with E-state index < -0.39 is 5.97 Å². The van der Waals surface area contributed by atoms with Crippen LogP contribution in [0.3, 0.4) is 0 Å². The van der Waals surface area contributed by atoms with Gasteiger partial charge in [0, 0.05) is 23.8 Å². The Labute approximate surface area is 189 Å². The monoisotopic (exact) mass is 448 g/mol. The highest BCUT2D eigenvalue weighted by Crippen LogP contribution is 2.35. The minimum Gasteiger partial charge on any atom is -0.465 e. The molecular formula is C23H20N4O2S2. The molecule has 156 valence electrons. The third kappa shape index (κ3) is 4.99. The molecule has 2 heterocycles. The molecule has 4 aromatic rings. The van der Waals surface area contributed by atoms with Gasteiger partial charge in [-0.1, -0.05) is 42.5 Å². The minimum atomic E-state index is -0.405. The minimum absolute atomic E-state index is 0.405. The van der Waals surface area contributed by atoms with Crippen molar-refractivity contribution in [3.05, 3.63) is 90.3 Å². The average molecular weight is 449 g/mol. The molecule has 0 fully saturated rings. The SMILES string of the molecule is COC(=O)c1cc(-c2ccccc2)sc1NC(=S)NCc1ccc(-n2cccn2)cc1. The molecule has 0 bridgehead atoms. The van der Waals surface area contributed by atoms with Crippen molar-refractivity contribution >= 4 is 39.6 Å². The van der Waals surface area contributed by atoms with Crippen molar-refractivity contribution in [2.24, 2.45) is 0 Å². The Morgan fingerprint density at radius 3 is 2.58 bits per heavy atom. The van der Waals surface area contributed by atoms with Gasteiger partial charge >= 0.3 is 5.97 Å². The number of aromatic nitrogens is 2. The number of carbonyl (C=O) groups excluding carboxylic acids is 1. The van der Waals surface area contributed by atoms with Crippen molar-refractivity contribution in [2.45, 2.75) is 6.54 Å². The maximum absolute atomic E-state index is 12.2. The van der Waals surface area contributed by atoms with Crippen molar-refractivity contribution in [3.8, 4) is 16.1 Å². The van der Waals surface area contributed by atoms with E-state index in [1.807, 2.05) is 72.9 Å². The van der Waals surface area contributed by atoms with Crippen LogP contribution in [0.25, 0.3) is 16.1 Å². The lowest BCUT2D eigenvalue weighted by Crippen LogP contribution is -2.28. The van der Waals surface area contributed by atoms with Crippen LogP contribution in [0.1, 0.15) is 15.9 Å². The van der Waals surface area contributed by atoms with Gasteiger partial charge < -0.3 is 15.4 Å². The lowest BCUT2D eigenvalue weighted by Gasteiger charge is -2.11. The van der Waals surface area contributed by atoms with Crippen LogP contribution in [0.4, 0.5) is 5.00 Å². The molecule has 0 radical (unpaired) electrons. The zero-order valence-electron chi connectivity index (χ0n) is 16.7. The Hall–Kier alpha value is -3.49. The van der Waals surface area contributed by atoms with E-state index in [4.69, 9.17) is 17.0 Å². The van der Waals surface area contributed by atoms with Gasteiger partial charge in [0.15, 0.2) is 5.11 Å². The molecular weight excluding hydrogens is 428 g/mol. The summed E-state index contributed by atoms with van der Waals surface area (Å²) in [4.78, 5) is 13.2. The van der Waals surface area contributed by atoms with E-state index >= 15 is 0 Å². The molecule has 31 heavy (non-hydrogen) atoms. The molecule has 0 unspecified atom stereocenters. The highest BCUT2D eigenvalue weighted by Gasteiger charge is 2.18. The van der Waals surface area contributed by atoms with Crippen molar-refractivity contribution in [1.82, 2.24) is 15.1 Å². The number of esters is 1. The molecule has 6 nitrogen and oxygen atoms in total. The zero-order valence-corrected chi connectivity index (χ0v) is 18.4. The highest BCUT2D eigenvalue weighted by atomic mass is 32.1. The molecule has 0 atom stereocenters. The Balaban J connectivity index is 1.43. The third-order valence-corrected chi connectivity index (χ3v) is 5.93. The van der Waals surface area contributed by atoms with Gasteiger partial charge in [0.1, 0.15) is 5.00 Å². The van der Waals surface area contributed by atoms with Crippen LogP contribution in [-0.2, 0) is 11.3 Å². The van der Waals surface area contributed by atoms with Crippen LogP contribution in [0.5, 0.6) is 0 Å². The van der Waals surface area contributed by atoms with Crippen LogP contribution < -0.4 is 10.6 Å². The Kier molecular flexibility index (Phi) is 6.40. The summed E-state index contributed by atoms with van der Waals surface area (Å²) in [5.74, 6) is -0.405. The first-order chi connectivity index (χ1) is 15.1. The Morgan fingerprint density at radius 1 is 1.13 bits per heavy atom. The number of nitrogens with zero attached hydrogens (tertiary/aromatic N) is 2. The van der Waals surface area contributed by atoms with E-state index in [-0.39, 0.29) is 0 Å². The first kappa shape index (κ1) is 20.8. The van der Waals surface area contributed by atoms with Crippen molar-refractivity contribution in [3.63, 3.8) is 0 Å². The van der Waals surface area contributed by atoms with Gasteiger partial charge in [-0.05, 0) is 47.6 Å². The first-order valence-electron chi connectivity index (χ1n) is 9.55. The van der Waals surface area contributed by atoms with Gasteiger partial charge in [-0.3, -0.25) is 0 Å². The predicted octanol–water partition coefficient (Wildman–Crippen LogP) is 4.87. The number of thiocarbonyl (C=S) groups is 1. The molecule has 0 saturated carbocycles. The smallest absolute Gasteiger partial charge is 0.340 e. The number of ether oxygens (including phenoxy) is 1. The number of benzene rings is 2. The lowest BCUT2D eigenvalue weighted by molar-refractivity contribution is 0.0602. The van der Waals surface area contributed by atoms with Crippen LogP contribution >= 0.6 is 23.6 Å². The molecule has 0 amide bonds. The summed E-state index contributed by atoms with van der Waals surface area (Å²) in [6.45, 7) is 0.551. The topological polar surface area (TPSA) is 68.2 Å². The molecule has 2 N–H and O–H groups in total. The van der Waals surface area contributed by atoms with Gasteiger partial charge in [-0.15, -0.1) is 11.3 Å². The fourth-order valence-corrected chi connectivity index (χ4v) is 4.30. The molecule has 4 rings (SSSR count). The summed E-state index contributed by atoms with van der Waals surface area (Å²) in [6, 6.07) is 21.6. The normalized spacial score (nSPS) is 10.5. The largest absolute Gasteiger partial charge is 0.465 e. The van der Waals surface area contributed by atoms with Gasteiger partial charge in [0.2, 0.25) is 0 Å². The van der Waals surface area contributed by atoms with E-state index in [0.717, 1.165) is 21.7 Å². The maximum Gasteiger partial charge on any atom is 0.340 e. The summed E-state index contributed by atoms with van der Waals surface area (Å²) in [6.07, 6.45) is 3.64. The number of rotatable bonds is 6. The maximum atomic E-state index is 12.2. The van der Waals surface area contributed by atoms with Gasteiger partial charge in [-0.25, -0.2) is 9.48 Å². The predicted molar refractivity (Wildman–Crippen MR) is 128 cm³/mol. The van der Waals surface area contributed by atoms with Crippen LogP contribution in [-0.4, -0.2) is 28.0 Å². The number of nitrogens with one attached hydrogen (secondary N) is 2. The van der Waals surface area contributed by atoms with Crippen LogP contribution in [0, 0.1) is 0 Å². The fourth-order valence-electron chi connectivity index (χ4n) is 3.01. The second-order valence-corrected chi connectivity index (χ2v) is 8.10. The fraction of sp³-hybridized carbons (Fsp3) is 0.0870. The number of hydrogen-bond acceptors (Lipinski definition) is 5. The van der Waals surface area contributed by atoms with E-state index in [1.54, 1.807) is 10.9 Å². The third-order valence-electron chi connectivity index (χ3n) is 4.58. The second-order valence-electron chi connectivity index (χ2n) is 6.64. The van der Waals surface area contributed by atoms with Crippen molar-refractivity contribution in [2.75, 3.05) is 12.4 Å². The lowest BCUT2D eigenvalue weighted by atomic mass is 10.1. The van der Waals surface area contributed by atoms with Gasteiger partial charge in [0.05, 0.1) is 18.4 Å². The van der Waals surface area contributed by atoms with Crippen molar-refractivity contribution in [1.29, 1.82) is 0 Å². The first-order valence-corrected chi connectivity index (χ1v) is 10.8. The average Bonchev–Trinajstić information content (AvgIpc) is 3.49. The molecule has 0 aliphatic heterocycles. The quantitative estimate of drug-likeness (QED) is 0.324. The summed E-state index contributed by atoms with van der Waals surface area (Å²) in [7, 11) is 1.37. The number of carbonyl (C=O) groups is 1. The van der Waals surface area contributed by atoms with Crippen molar-refractivity contribution < 1.29 is 9.53 Å². The number of hydrogen-bond donors (Lipinski definition) is 2. The molecule has 2 aromatic heterocycles. The highest BCUT2D eigenvalue weighted by molar-refractivity contribution is 7.80. The van der Waals surface area contributed by atoms with Crippen LogP contribution in [0.2, 0.25) is 0 Å². The van der Waals surface area contributed by atoms with Crippen LogP contribution in [0.15, 0.2) is 79.1 Å². The van der Waals surface area contributed by atoms with E-state index in [1.165, 1.54) is 18.4 Å². The molecule has 0 aliphatic rings. The summed E-state index contributed by atoms with van der Waals surface area (Å²) in [5.41, 5.74) is 3.55. The number of methoxy groups -OCH3 is 1.